The second-order valence-electron chi connectivity index (χ2n) is 8.26. The van der Waals surface area contributed by atoms with E-state index in [1.165, 1.54) is 6.08 Å². The first-order valence-electron chi connectivity index (χ1n) is 10.9. The van der Waals surface area contributed by atoms with Crippen LogP contribution in [0.15, 0.2) is 85.5 Å². The molecule has 3 aromatic rings. The highest BCUT2D eigenvalue weighted by molar-refractivity contribution is 5.87. The molecule has 4 rings (SSSR count). The number of rotatable bonds is 6. The molecule has 1 saturated heterocycles. The van der Waals surface area contributed by atoms with E-state index in [1.807, 2.05) is 49.4 Å². The van der Waals surface area contributed by atoms with Crippen LogP contribution in [0.25, 0.3) is 10.8 Å². The van der Waals surface area contributed by atoms with Gasteiger partial charge in [0.15, 0.2) is 0 Å². The summed E-state index contributed by atoms with van der Waals surface area (Å²) in [5.41, 5.74) is 2.19. The summed E-state index contributed by atoms with van der Waals surface area (Å²) in [5.74, 6) is 0.0470. The third kappa shape index (κ3) is 4.67. The van der Waals surface area contributed by atoms with Crippen molar-refractivity contribution < 1.29 is 14.3 Å². The lowest BCUT2D eigenvalue weighted by atomic mass is 9.89. The minimum Gasteiger partial charge on any atom is -0.449 e. The van der Waals surface area contributed by atoms with Crippen molar-refractivity contribution >= 4 is 22.8 Å². The van der Waals surface area contributed by atoms with Crippen LogP contribution < -0.4 is 5.32 Å². The normalized spacial score (nSPS) is 18.8. The lowest BCUT2D eigenvalue weighted by Gasteiger charge is -2.20. The molecule has 2 amide bonds. The smallest absolute Gasteiger partial charge is 0.407 e. The summed E-state index contributed by atoms with van der Waals surface area (Å²) >= 11 is 0. The summed E-state index contributed by atoms with van der Waals surface area (Å²) in [6, 6.07) is 24.1. The molecule has 3 atom stereocenters. The Kier molecular flexibility index (Phi) is 6.55. The molecule has 0 aromatic heterocycles. The zero-order chi connectivity index (χ0) is 22.5. The van der Waals surface area contributed by atoms with E-state index in [9.17, 15) is 9.59 Å². The Labute approximate surface area is 188 Å². The molecule has 0 spiro atoms. The molecule has 1 heterocycles. The minimum absolute atomic E-state index is 0.0277. The first-order valence-corrected chi connectivity index (χ1v) is 10.9. The Morgan fingerprint density at radius 2 is 1.78 bits per heavy atom. The summed E-state index contributed by atoms with van der Waals surface area (Å²) in [4.78, 5) is 26.5. The lowest BCUT2D eigenvalue weighted by Crippen LogP contribution is -2.31. The van der Waals surface area contributed by atoms with Gasteiger partial charge in [-0.3, -0.25) is 4.79 Å². The van der Waals surface area contributed by atoms with E-state index in [2.05, 4.69) is 42.2 Å². The Morgan fingerprint density at radius 1 is 1.06 bits per heavy atom. The summed E-state index contributed by atoms with van der Waals surface area (Å²) < 4.78 is 5.63. The molecule has 0 bridgehead atoms. The Hall–Kier alpha value is -3.60. The molecular formula is C27H28N2O3. The van der Waals surface area contributed by atoms with Crippen molar-refractivity contribution in [3.05, 3.63) is 96.6 Å². The molecule has 0 saturated carbocycles. The van der Waals surface area contributed by atoms with E-state index in [0.29, 0.717) is 13.1 Å². The summed E-state index contributed by atoms with van der Waals surface area (Å²) in [6.07, 6.45) is 0.884. The highest BCUT2D eigenvalue weighted by atomic mass is 16.5. The molecule has 0 unspecified atom stereocenters. The number of hydrogen-bond donors (Lipinski definition) is 1. The van der Waals surface area contributed by atoms with Gasteiger partial charge in [-0.25, -0.2) is 4.79 Å². The molecule has 5 nitrogen and oxygen atoms in total. The predicted molar refractivity (Wildman–Crippen MR) is 126 cm³/mol. The predicted octanol–water partition coefficient (Wildman–Crippen LogP) is 5.06. The van der Waals surface area contributed by atoms with Gasteiger partial charge in [0.05, 0.1) is 12.6 Å². The van der Waals surface area contributed by atoms with Gasteiger partial charge in [-0.1, -0.05) is 79.4 Å². The zero-order valence-electron chi connectivity index (χ0n) is 18.2. The molecule has 1 N–H and O–H groups in total. The van der Waals surface area contributed by atoms with Crippen LogP contribution in [0.1, 0.15) is 30.0 Å². The minimum atomic E-state index is -0.453. The first-order chi connectivity index (χ1) is 15.6. The average Bonchev–Trinajstić information content (AvgIpc) is 3.26. The quantitative estimate of drug-likeness (QED) is 0.559. The Balaban J connectivity index is 1.41. The fourth-order valence-corrected chi connectivity index (χ4v) is 4.53. The molecule has 32 heavy (non-hydrogen) atoms. The third-order valence-electron chi connectivity index (χ3n) is 6.21. The molecule has 0 radical (unpaired) electrons. The number of alkyl carbamates (subject to hydrolysis) is 1. The van der Waals surface area contributed by atoms with Crippen molar-refractivity contribution in [3.8, 4) is 0 Å². The van der Waals surface area contributed by atoms with Gasteiger partial charge < -0.3 is 15.0 Å². The standard InChI is InChI=1S/C27H28N2O3/c1-3-26(30)29-16-22(25(17-29)21-10-5-4-6-11-21)18-32-27(31)28-19(2)23-15-9-13-20-12-7-8-14-24(20)23/h3-15,19,22,25H,1,16-18H2,2H3,(H,28,31)/t19-,22-,25-/m1/s1. The van der Waals surface area contributed by atoms with Crippen LogP contribution in [-0.4, -0.2) is 36.6 Å². The van der Waals surface area contributed by atoms with Crippen LogP contribution in [0.2, 0.25) is 0 Å². The van der Waals surface area contributed by atoms with Crippen molar-refractivity contribution in [1.82, 2.24) is 10.2 Å². The molecule has 1 aliphatic heterocycles. The van der Waals surface area contributed by atoms with E-state index in [0.717, 1.165) is 21.9 Å². The fraction of sp³-hybridized carbons (Fsp3) is 0.259. The lowest BCUT2D eigenvalue weighted by molar-refractivity contribution is -0.125. The molecule has 3 aromatic carbocycles. The van der Waals surface area contributed by atoms with E-state index < -0.39 is 6.09 Å². The maximum absolute atomic E-state index is 12.6. The number of benzene rings is 3. The maximum atomic E-state index is 12.6. The van der Waals surface area contributed by atoms with Crippen molar-refractivity contribution in [2.45, 2.75) is 18.9 Å². The van der Waals surface area contributed by atoms with Gasteiger partial charge >= 0.3 is 6.09 Å². The van der Waals surface area contributed by atoms with E-state index in [4.69, 9.17) is 4.74 Å². The van der Waals surface area contributed by atoms with Crippen LogP contribution in [0, 0.1) is 5.92 Å². The van der Waals surface area contributed by atoms with Gasteiger partial charge in [-0.05, 0) is 34.9 Å². The van der Waals surface area contributed by atoms with Crippen molar-refractivity contribution in [1.29, 1.82) is 0 Å². The van der Waals surface area contributed by atoms with Crippen LogP contribution >= 0.6 is 0 Å². The van der Waals surface area contributed by atoms with Gasteiger partial charge in [0, 0.05) is 24.9 Å². The number of ether oxygens (including phenoxy) is 1. The summed E-state index contributed by atoms with van der Waals surface area (Å²) in [7, 11) is 0. The van der Waals surface area contributed by atoms with Gasteiger partial charge in [0.2, 0.25) is 5.91 Å². The van der Waals surface area contributed by atoms with E-state index >= 15 is 0 Å². The number of hydrogen-bond acceptors (Lipinski definition) is 3. The number of nitrogens with one attached hydrogen (secondary N) is 1. The number of carbonyl (C=O) groups excluding carboxylic acids is 2. The Morgan fingerprint density at radius 3 is 2.56 bits per heavy atom. The second-order valence-corrected chi connectivity index (χ2v) is 8.26. The van der Waals surface area contributed by atoms with E-state index in [-0.39, 0.29) is 30.4 Å². The van der Waals surface area contributed by atoms with Gasteiger partial charge in [0.25, 0.3) is 0 Å². The topological polar surface area (TPSA) is 58.6 Å². The molecule has 164 valence electrons. The third-order valence-corrected chi connectivity index (χ3v) is 6.21. The molecule has 5 heteroatoms. The highest BCUT2D eigenvalue weighted by Crippen LogP contribution is 2.33. The molecule has 1 aliphatic rings. The van der Waals surface area contributed by atoms with Crippen LogP contribution in [0.4, 0.5) is 4.79 Å². The van der Waals surface area contributed by atoms with Crippen LogP contribution in [0.3, 0.4) is 0 Å². The number of nitrogens with zero attached hydrogens (tertiary/aromatic N) is 1. The maximum Gasteiger partial charge on any atom is 0.407 e. The number of likely N-dealkylation sites (tertiary alicyclic amines) is 1. The van der Waals surface area contributed by atoms with Crippen molar-refractivity contribution in [3.63, 3.8) is 0 Å². The van der Waals surface area contributed by atoms with Gasteiger partial charge in [-0.15, -0.1) is 0 Å². The number of amides is 2. The average molecular weight is 429 g/mol. The van der Waals surface area contributed by atoms with Crippen molar-refractivity contribution in [2.75, 3.05) is 19.7 Å². The molecule has 1 fully saturated rings. The Bertz CT molecular complexity index is 1110. The number of fused-ring (bicyclic) bond motifs is 1. The molecule has 0 aliphatic carbocycles. The highest BCUT2D eigenvalue weighted by Gasteiger charge is 2.36. The van der Waals surface area contributed by atoms with Crippen LogP contribution in [0.5, 0.6) is 0 Å². The van der Waals surface area contributed by atoms with Crippen molar-refractivity contribution in [2.24, 2.45) is 5.92 Å². The fourth-order valence-electron chi connectivity index (χ4n) is 4.53. The summed E-state index contributed by atoms with van der Waals surface area (Å²) in [6.45, 7) is 6.93. The SMILES string of the molecule is C=CC(=O)N1C[C@H](COC(=O)N[C@H](C)c2cccc3ccccc23)[C@@H](c2ccccc2)C1. The van der Waals surface area contributed by atoms with Gasteiger partial charge in [-0.2, -0.15) is 0 Å². The molecular weight excluding hydrogens is 400 g/mol. The largest absolute Gasteiger partial charge is 0.449 e. The van der Waals surface area contributed by atoms with Gasteiger partial charge in [0.1, 0.15) is 0 Å². The van der Waals surface area contributed by atoms with E-state index in [1.54, 1.807) is 4.90 Å². The monoisotopic (exact) mass is 428 g/mol. The zero-order valence-corrected chi connectivity index (χ0v) is 18.2. The number of carbonyl (C=O) groups is 2. The second kappa shape index (κ2) is 9.69. The first kappa shape index (κ1) is 21.6. The van der Waals surface area contributed by atoms with Crippen LogP contribution in [-0.2, 0) is 9.53 Å². The summed E-state index contributed by atoms with van der Waals surface area (Å²) in [5, 5.41) is 5.20.